The molecule has 0 atom stereocenters. The topological polar surface area (TPSA) is 81.1 Å². The molecule has 0 radical (unpaired) electrons. The van der Waals surface area contributed by atoms with E-state index in [1.165, 1.54) is 17.5 Å². The second-order valence-electron chi connectivity index (χ2n) is 7.20. The summed E-state index contributed by atoms with van der Waals surface area (Å²) in [5.74, 6) is 2.26. The van der Waals surface area contributed by atoms with Gasteiger partial charge in [0, 0.05) is 31.1 Å². The van der Waals surface area contributed by atoms with Crippen molar-refractivity contribution in [2.24, 2.45) is 0 Å². The first-order valence-corrected chi connectivity index (χ1v) is 9.69. The van der Waals surface area contributed by atoms with E-state index in [1.54, 1.807) is 0 Å². The first-order valence-electron chi connectivity index (χ1n) is 9.69. The number of nitrogens with two attached hydrogens (primary N) is 1. The number of aromatic nitrogens is 3. The van der Waals surface area contributed by atoms with Crippen molar-refractivity contribution in [2.45, 2.75) is 18.9 Å². The molecule has 0 amide bonds. The zero-order valence-corrected chi connectivity index (χ0v) is 15.9. The Morgan fingerprint density at radius 1 is 0.931 bits per heavy atom. The second kappa shape index (κ2) is 7.39. The molecule has 29 heavy (non-hydrogen) atoms. The molecule has 0 fully saturated rings. The lowest BCUT2D eigenvalue weighted by atomic mass is 9.85. The molecule has 0 unspecified atom stereocenters. The van der Waals surface area contributed by atoms with Gasteiger partial charge < -0.3 is 15.2 Å². The van der Waals surface area contributed by atoms with Crippen molar-refractivity contribution in [3.63, 3.8) is 0 Å². The molecule has 6 heteroatoms. The zero-order chi connectivity index (χ0) is 19.6. The van der Waals surface area contributed by atoms with Gasteiger partial charge in [0.25, 0.3) is 0 Å². The van der Waals surface area contributed by atoms with Crippen molar-refractivity contribution >= 4 is 11.6 Å². The van der Waals surface area contributed by atoms with Crippen molar-refractivity contribution in [3.8, 4) is 0 Å². The normalized spacial score (nSPS) is 13.5. The fourth-order valence-corrected chi connectivity index (χ4v) is 3.99. The highest BCUT2D eigenvalue weighted by Crippen LogP contribution is 2.36. The molecule has 0 saturated heterocycles. The minimum Gasteiger partial charge on any atom is -0.384 e. The van der Waals surface area contributed by atoms with Gasteiger partial charge in [0.2, 0.25) is 0 Å². The van der Waals surface area contributed by atoms with Crippen molar-refractivity contribution in [1.82, 2.24) is 15.1 Å². The Bertz CT molecular complexity index is 1070. The summed E-state index contributed by atoms with van der Waals surface area (Å²) >= 11 is 0. The van der Waals surface area contributed by atoms with E-state index in [0.29, 0.717) is 12.4 Å². The number of hydrogen-bond acceptors (Lipinski definition) is 6. The highest BCUT2D eigenvalue weighted by atomic mass is 16.5. The molecule has 144 valence electrons. The van der Waals surface area contributed by atoms with Crippen molar-refractivity contribution < 1.29 is 4.52 Å². The van der Waals surface area contributed by atoms with Crippen LogP contribution in [0, 0.1) is 0 Å². The summed E-state index contributed by atoms with van der Waals surface area (Å²) in [7, 11) is 0. The Hall–Kier alpha value is -3.67. The van der Waals surface area contributed by atoms with Gasteiger partial charge in [-0.2, -0.15) is 0 Å². The lowest BCUT2D eigenvalue weighted by Crippen LogP contribution is -2.31. The van der Waals surface area contributed by atoms with Crippen LogP contribution in [-0.2, 0) is 13.0 Å². The van der Waals surface area contributed by atoms with Crippen LogP contribution in [0.5, 0.6) is 0 Å². The molecule has 2 aromatic heterocycles. The third-order valence-corrected chi connectivity index (χ3v) is 5.39. The van der Waals surface area contributed by atoms with Crippen LogP contribution in [0.2, 0.25) is 0 Å². The molecular weight excluding hydrogens is 362 g/mol. The third kappa shape index (κ3) is 3.33. The van der Waals surface area contributed by atoms with Gasteiger partial charge in [-0.15, -0.1) is 0 Å². The molecule has 1 aliphatic rings. The number of nitrogen functional groups attached to an aromatic ring is 1. The van der Waals surface area contributed by atoms with E-state index in [2.05, 4.69) is 68.6 Å². The van der Waals surface area contributed by atoms with E-state index < -0.39 is 0 Å². The Kier molecular flexibility index (Phi) is 4.44. The molecular formula is C23H21N5O. The highest BCUT2D eigenvalue weighted by Gasteiger charge is 2.30. The number of hydrogen-bond donors (Lipinski definition) is 1. The largest absolute Gasteiger partial charge is 0.384 e. The SMILES string of the molecule is Nc1cc(N2CCc3onc(C(c4ccccc4)c4ccccc4)c3C2)ncn1. The Balaban J connectivity index is 1.57. The van der Waals surface area contributed by atoms with E-state index in [1.807, 2.05) is 18.2 Å². The molecule has 3 heterocycles. The van der Waals surface area contributed by atoms with Crippen LogP contribution in [-0.4, -0.2) is 21.7 Å². The summed E-state index contributed by atoms with van der Waals surface area (Å²) in [6.45, 7) is 1.49. The number of benzene rings is 2. The molecule has 2 N–H and O–H groups in total. The first kappa shape index (κ1) is 17.4. The predicted molar refractivity (Wildman–Crippen MR) is 112 cm³/mol. The van der Waals surface area contributed by atoms with Gasteiger partial charge in [-0.05, 0) is 11.1 Å². The Morgan fingerprint density at radius 3 is 2.28 bits per heavy atom. The van der Waals surface area contributed by atoms with Gasteiger partial charge in [-0.25, -0.2) is 9.97 Å². The van der Waals surface area contributed by atoms with Gasteiger partial charge in [0.05, 0.1) is 5.92 Å². The molecule has 6 nitrogen and oxygen atoms in total. The molecule has 0 spiro atoms. The van der Waals surface area contributed by atoms with Crippen molar-refractivity contribution in [1.29, 1.82) is 0 Å². The van der Waals surface area contributed by atoms with Gasteiger partial charge in [-0.3, -0.25) is 0 Å². The average molecular weight is 383 g/mol. The summed E-state index contributed by atoms with van der Waals surface area (Å²) in [4.78, 5) is 10.6. The summed E-state index contributed by atoms with van der Waals surface area (Å²) in [6, 6.07) is 22.7. The summed E-state index contributed by atoms with van der Waals surface area (Å²) in [5.41, 5.74) is 10.3. The maximum absolute atomic E-state index is 5.86. The zero-order valence-electron chi connectivity index (χ0n) is 15.9. The van der Waals surface area contributed by atoms with Crippen LogP contribution >= 0.6 is 0 Å². The van der Waals surface area contributed by atoms with Crippen LogP contribution in [0.3, 0.4) is 0 Å². The van der Waals surface area contributed by atoms with Crippen LogP contribution in [0.25, 0.3) is 0 Å². The van der Waals surface area contributed by atoms with Crippen LogP contribution in [0.15, 0.2) is 77.6 Å². The molecule has 4 aromatic rings. The minimum absolute atomic E-state index is 0.0142. The summed E-state index contributed by atoms with van der Waals surface area (Å²) in [6.07, 6.45) is 2.29. The Labute approximate surface area is 169 Å². The second-order valence-corrected chi connectivity index (χ2v) is 7.20. The van der Waals surface area contributed by atoms with Crippen LogP contribution in [0.1, 0.15) is 34.1 Å². The van der Waals surface area contributed by atoms with E-state index in [4.69, 9.17) is 10.3 Å². The maximum Gasteiger partial charge on any atom is 0.143 e. The highest BCUT2D eigenvalue weighted by molar-refractivity contribution is 5.50. The van der Waals surface area contributed by atoms with Crippen molar-refractivity contribution in [2.75, 3.05) is 17.2 Å². The van der Waals surface area contributed by atoms with Crippen molar-refractivity contribution in [3.05, 3.63) is 101 Å². The Morgan fingerprint density at radius 2 is 1.62 bits per heavy atom. The first-order chi connectivity index (χ1) is 14.3. The number of nitrogens with zero attached hydrogens (tertiary/aromatic N) is 4. The van der Waals surface area contributed by atoms with Gasteiger partial charge in [0.1, 0.15) is 29.4 Å². The van der Waals surface area contributed by atoms with E-state index >= 15 is 0 Å². The minimum atomic E-state index is 0.0142. The van der Waals surface area contributed by atoms with E-state index in [0.717, 1.165) is 35.8 Å². The molecule has 0 bridgehead atoms. The fraction of sp³-hybridized carbons (Fsp3) is 0.174. The fourth-order valence-electron chi connectivity index (χ4n) is 3.99. The standard InChI is InChI=1S/C23H21N5O/c24-20-13-21(26-15-25-20)28-12-11-19-18(14-28)23(27-29-19)22(16-7-3-1-4-8-16)17-9-5-2-6-10-17/h1-10,13,15,22H,11-12,14H2,(H2,24,25,26). The van der Waals surface area contributed by atoms with E-state index in [-0.39, 0.29) is 5.92 Å². The quantitative estimate of drug-likeness (QED) is 0.577. The summed E-state index contributed by atoms with van der Waals surface area (Å²) in [5, 5.41) is 4.54. The van der Waals surface area contributed by atoms with Gasteiger partial charge >= 0.3 is 0 Å². The van der Waals surface area contributed by atoms with E-state index in [9.17, 15) is 0 Å². The summed E-state index contributed by atoms with van der Waals surface area (Å²) < 4.78 is 5.78. The van der Waals surface area contributed by atoms with Gasteiger partial charge in [-0.1, -0.05) is 65.8 Å². The average Bonchev–Trinajstić information content (AvgIpc) is 3.18. The number of fused-ring (bicyclic) bond motifs is 1. The van der Waals surface area contributed by atoms with Crippen LogP contribution in [0.4, 0.5) is 11.6 Å². The predicted octanol–water partition coefficient (Wildman–Crippen LogP) is 3.79. The molecule has 0 saturated carbocycles. The molecule has 0 aliphatic carbocycles. The van der Waals surface area contributed by atoms with Crippen LogP contribution < -0.4 is 10.6 Å². The smallest absolute Gasteiger partial charge is 0.143 e. The van der Waals surface area contributed by atoms with Gasteiger partial charge in [0.15, 0.2) is 0 Å². The lowest BCUT2D eigenvalue weighted by molar-refractivity contribution is 0.372. The maximum atomic E-state index is 5.86. The monoisotopic (exact) mass is 383 g/mol. The number of rotatable bonds is 4. The molecule has 1 aliphatic heterocycles. The lowest BCUT2D eigenvalue weighted by Gasteiger charge is -2.28. The third-order valence-electron chi connectivity index (χ3n) is 5.39. The molecule has 2 aromatic carbocycles. The molecule has 5 rings (SSSR count). The number of anilines is 2.